The Morgan fingerprint density at radius 3 is 1.14 bits per heavy atom. The lowest BCUT2D eigenvalue weighted by Gasteiger charge is -2.51. The summed E-state index contributed by atoms with van der Waals surface area (Å²) in [5, 5.41) is 300. The zero-order chi connectivity index (χ0) is 86.2. The largest absolute Gasteiger partial charge is 0.477 e. The summed E-state index contributed by atoms with van der Waals surface area (Å²) in [5.41, 5.74) is 6.00. The summed E-state index contributed by atoms with van der Waals surface area (Å²) in [6.45, 7) is -0.913. The van der Waals surface area contributed by atoms with Gasteiger partial charge in [-0.1, -0.05) is 34.6 Å². The number of carboxylic acids is 1. The van der Waals surface area contributed by atoms with Crippen LogP contribution in [-0.2, 0) is 94.8 Å². The third kappa shape index (κ3) is 20.1. The van der Waals surface area contributed by atoms with Crippen molar-refractivity contribution in [3.8, 4) is 0 Å². The standard InChI is InChI=1S/C69H119NO47/c1-18-23(6)100-30(13-76)51(37(18)83)109-60-20(3)38(84)53(32(15-78)105-60)111-64-49(95)56(113-67-59(47(93)43(89)28(11-74)104-67)115-62-22(5)39(85)52(31(14-77)107-62)110-63-48(94)36(82)19(2)26(9-72)101-63)45(91)34(108-64)17-99-66-58(46(92)42(88)27(10-73)103-66)114-61-21(4)40(86)54(33(16-79)106-61)112-65-50(96)57(44(90)29(12-75)102-65)117-69(68(97)98)7-24(80)35(70)55(116-69)41(87)25(81)8-71/h18-67,71-96H,7-17,70H2,1-6H3,(H,97,98)/t18-,19+,20+,21?,22+,23+,24-,25?,26?,27?,28-,29?,30?,31?,32?,33+,34?,35-,36?,37?,38?,39?,40?,41?,42-,43-,44+,45-,46?,47?,48+,49-,50?,51-,52+,53-,54-,55?,56?,57?,58-,59?,60+,61+,62+,63+,64+,65+,66+,67-,69+/m1/s1. The normalized spacial score (nSPS) is 52.1. The Morgan fingerprint density at radius 2 is 0.692 bits per heavy atom. The summed E-state index contributed by atoms with van der Waals surface area (Å²) in [7, 11) is 0. The van der Waals surface area contributed by atoms with Crippen LogP contribution in [0.2, 0.25) is 0 Å². The maximum atomic E-state index is 13.0. The fraction of sp³-hybridized carbons (Fsp3) is 0.986. The highest BCUT2D eigenvalue weighted by atomic mass is 16.8. The minimum Gasteiger partial charge on any atom is -0.477 e. The van der Waals surface area contributed by atoms with Gasteiger partial charge in [-0.15, -0.1) is 0 Å². The van der Waals surface area contributed by atoms with Crippen LogP contribution in [0.15, 0.2) is 0 Å². The molecule has 10 aliphatic rings. The molecule has 0 aliphatic carbocycles. The lowest BCUT2D eigenvalue weighted by Crippen LogP contribution is -2.70. The molecule has 0 aromatic heterocycles. The highest BCUT2D eigenvalue weighted by molar-refractivity contribution is 5.76. The Kier molecular flexibility index (Phi) is 34.3. The molecular formula is C69H119NO47. The Labute approximate surface area is 668 Å². The molecule has 22 unspecified atom stereocenters. The van der Waals surface area contributed by atoms with Crippen molar-refractivity contribution in [3.05, 3.63) is 0 Å². The van der Waals surface area contributed by atoms with E-state index in [1.165, 1.54) is 27.7 Å². The number of aliphatic hydroxyl groups is 26. The number of nitrogens with two attached hydrogens (primary N) is 1. The second kappa shape index (κ2) is 41.4. The molecule has 48 heteroatoms. The van der Waals surface area contributed by atoms with Crippen LogP contribution in [0.1, 0.15) is 48.0 Å². The van der Waals surface area contributed by atoms with E-state index < -0.39 is 390 Å². The smallest absolute Gasteiger partial charge is 0.364 e. The molecule has 10 heterocycles. The minimum absolute atomic E-state index is 0.548. The van der Waals surface area contributed by atoms with Gasteiger partial charge in [0.05, 0.1) is 121 Å². The van der Waals surface area contributed by atoms with Gasteiger partial charge in [-0.2, -0.15) is 0 Å². The molecule has 10 aliphatic heterocycles. The van der Waals surface area contributed by atoms with Crippen molar-refractivity contribution in [2.45, 2.75) is 330 Å². The maximum Gasteiger partial charge on any atom is 0.364 e. The third-order valence-electron chi connectivity index (χ3n) is 24.0. The molecule has 29 N–H and O–H groups in total. The molecule has 0 amide bonds. The van der Waals surface area contributed by atoms with Crippen LogP contribution in [0.4, 0.5) is 0 Å². The highest BCUT2D eigenvalue weighted by Crippen LogP contribution is 2.44. The number of hydrogen-bond donors (Lipinski definition) is 28. The fourth-order valence-corrected chi connectivity index (χ4v) is 16.2. The number of aliphatic hydroxyl groups excluding tert-OH is 26. The fourth-order valence-electron chi connectivity index (χ4n) is 16.2. The van der Waals surface area contributed by atoms with Crippen molar-refractivity contribution in [1.29, 1.82) is 0 Å². The van der Waals surface area contributed by atoms with E-state index in [0.717, 1.165) is 0 Å². The van der Waals surface area contributed by atoms with Gasteiger partial charge >= 0.3 is 5.97 Å². The van der Waals surface area contributed by atoms with Crippen LogP contribution in [0.25, 0.3) is 0 Å². The molecule has 0 radical (unpaired) electrons. The Bertz CT molecular complexity index is 3020. The molecule has 117 heavy (non-hydrogen) atoms. The molecule has 10 rings (SSSR count). The van der Waals surface area contributed by atoms with Gasteiger partial charge in [0.2, 0.25) is 0 Å². The topological polar surface area (TPSA) is 765 Å². The Balaban J connectivity index is 0.906. The van der Waals surface area contributed by atoms with Gasteiger partial charge in [0.15, 0.2) is 50.3 Å². The van der Waals surface area contributed by atoms with E-state index in [1.807, 2.05) is 0 Å². The van der Waals surface area contributed by atoms with E-state index >= 15 is 0 Å². The maximum absolute atomic E-state index is 13.0. The summed E-state index contributed by atoms with van der Waals surface area (Å²) in [5.74, 6) is -10.5. The number of hydrogen-bond acceptors (Lipinski definition) is 47. The van der Waals surface area contributed by atoms with Crippen LogP contribution in [0, 0.1) is 29.6 Å². The van der Waals surface area contributed by atoms with E-state index in [0.29, 0.717) is 0 Å². The number of aliphatic carboxylic acids is 1. The average Bonchev–Trinajstić information content (AvgIpc) is 0.756. The molecule has 0 saturated carbocycles. The molecule has 51 atom stereocenters. The zero-order valence-electron chi connectivity index (χ0n) is 64.5. The van der Waals surface area contributed by atoms with Crippen LogP contribution >= 0.6 is 0 Å². The first-order chi connectivity index (χ1) is 55.3. The molecule has 0 bridgehead atoms. The van der Waals surface area contributed by atoms with Crippen LogP contribution in [0.3, 0.4) is 0 Å². The van der Waals surface area contributed by atoms with Crippen molar-refractivity contribution >= 4 is 5.97 Å². The van der Waals surface area contributed by atoms with Crippen LogP contribution in [0.5, 0.6) is 0 Å². The SMILES string of the molecule is CC1C(O)[C@H](O[C@@H]2OC(CO)[C@H](O)C(O[C@]3(C(=O)O)C[C@@H](O)[C@@H](N)C(C(O)C(O)CO)O3)C2O)[C@H](CO)O[C@H]1O[C@@H]1C(O)[C@H](O)C(CO)O[C@@H]1OCC1O[C@@H](O[C@@H]2C(CO)O[C@@H](O[C@@H]3C(CO)O[C@@H](C)[C@@H](C)C3O)[C@@H](C)C2O)[C@H](O)C(O[C@H]2O[C@H](CO)[C@@H](O)C(O)C2O[C@@H]2OC(CO)[C@H](O[C@@H]3OC(CO)[C@H](C)C(O)[C@@H]3O)C(O)[C@@H]2C)[C@@H]1O. The van der Waals surface area contributed by atoms with E-state index in [1.54, 1.807) is 13.8 Å². The second-order valence-corrected chi connectivity index (χ2v) is 31.7. The van der Waals surface area contributed by atoms with Gasteiger partial charge in [0, 0.05) is 36.0 Å². The van der Waals surface area contributed by atoms with Gasteiger partial charge in [-0.3, -0.25) is 0 Å². The summed E-state index contributed by atoms with van der Waals surface area (Å²) in [6, 6.07) is -1.63. The van der Waals surface area contributed by atoms with Crippen molar-refractivity contribution in [2.75, 3.05) is 66.1 Å². The predicted octanol–water partition coefficient (Wildman–Crippen LogP) is -16.2. The predicted molar refractivity (Wildman–Crippen MR) is 368 cm³/mol. The number of carboxylic acid groups (broad SMARTS) is 1. The molecule has 48 nitrogen and oxygen atoms in total. The summed E-state index contributed by atoms with van der Waals surface area (Å²) in [6.07, 6.45) is -82.8. The molecule has 682 valence electrons. The molecular weight excluding hydrogens is 1590 g/mol. The summed E-state index contributed by atoms with van der Waals surface area (Å²) in [4.78, 5) is 13.0. The van der Waals surface area contributed by atoms with E-state index in [2.05, 4.69) is 0 Å². The van der Waals surface area contributed by atoms with Crippen molar-refractivity contribution in [2.24, 2.45) is 35.3 Å². The van der Waals surface area contributed by atoms with Crippen molar-refractivity contribution in [3.63, 3.8) is 0 Å². The molecule has 10 fully saturated rings. The van der Waals surface area contributed by atoms with Gasteiger partial charge in [-0.25, -0.2) is 4.79 Å². The van der Waals surface area contributed by atoms with Gasteiger partial charge in [0.25, 0.3) is 5.79 Å². The van der Waals surface area contributed by atoms with E-state index in [9.17, 15) is 143 Å². The Morgan fingerprint density at radius 1 is 0.350 bits per heavy atom. The quantitative estimate of drug-likeness (QED) is 0.0306. The molecule has 0 aromatic carbocycles. The monoisotopic (exact) mass is 1710 g/mol. The lowest BCUT2D eigenvalue weighted by molar-refractivity contribution is -0.402. The van der Waals surface area contributed by atoms with Gasteiger partial charge in [-0.05, 0) is 6.92 Å². The summed E-state index contributed by atoms with van der Waals surface area (Å²) < 4.78 is 114. The first-order valence-corrected chi connectivity index (χ1v) is 38.8. The van der Waals surface area contributed by atoms with E-state index in [-0.39, 0.29) is 0 Å². The first kappa shape index (κ1) is 96.8. The Hall–Kier alpha value is -2.37. The van der Waals surface area contributed by atoms with Gasteiger partial charge in [0.1, 0.15) is 171 Å². The molecule has 0 aromatic rings. The van der Waals surface area contributed by atoms with Gasteiger partial charge < -0.3 is 234 Å². The van der Waals surface area contributed by atoms with E-state index in [4.69, 9.17) is 95.7 Å². The number of carbonyl (C=O) groups is 1. The van der Waals surface area contributed by atoms with Crippen LogP contribution in [-0.4, -0.2) is 492 Å². The van der Waals surface area contributed by atoms with Crippen molar-refractivity contribution in [1.82, 2.24) is 0 Å². The highest BCUT2D eigenvalue weighted by Gasteiger charge is 2.63. The second-order valence-electron chi connectivity index (χ2n) is 31.7. The average molecular weight is 1710 g/mol. The zero-order valence-corrected chi connectivity index (χ0v) is 64.5. The first-order valence-electron chi connectivity index (χ1n) is 38.8. The number of rotatable bonds is 31. The van der Waals surface area contributed by atoms with Crippen LogP contribution < -0.4 is 5.73 Å². The minimum atomic E-state index is -3.14. The molecule has 10 saturated heterocycles. The third-order valence-corrected chi connectivity index (χ3v) is 24.0. The van der Waals surface area contributed by atoms with Crippen molar-refractivity contribution < 1.29 is 233 Å². The summed E-state index contributed by atoms with van der Waals surface area (Å²) >= 11 is 0. The lowest BCUT2D eigenvalue weighted by atomic mass is 9.88. The number of ether oxygens (including phenoxy) is 19. The molecule has 0 spiro atoms.